The maximum absolute atomic E-state index is 13.8. The summed E-state index contributed by atoms with van der Waals surface area (Å²) in [7, 11) is 0. The monoisotopic (exact) mass is 404 g/mol. The molecule has 0 unspecified atom stereocenters. The maximum Gasteiger partial charge on any atom is 0.229 e. The molecule has 6 heteroatoms. The van der Waals surface area contributed by atoms with Crippen LogP contribution in [-0.4, -0.2) is 18.4 Å². The van der Waals surface area contributed by atoms with Crippen molar-refractivity contribution in [3.63, 3.8) is 0 Å². The Bertz CT molecular complexity index is 1040. The van der Waals surface area contributed by atoms with Crippen LogP contribution in [0.4, 0.5) is 15.8 Å². The van der Waals surface area contributed by atoms with Gasteiger partial charge in [-0.25, -0.2) is 4.39 Å². The minimum atomic E-state index is -0.536. The predicted molar refractivity (Wildman–Crippen MR) is 113 cm³/mol. The molecule has 1 atom stereocenters. The zero-order chi connectivity index (χ0) is 20.9. The molecule has 1 fully saturated rings. The summed E-state index contributed by atoms with van der Waals surface area (Å²) in [6.07, 6.45) is 0.0898. The Morgan fingerprint density at radius 1 is 1.00 bits per heavy atom. The Hall–Kier alpha value is -3.67. The summed E-state index contributed by atoms with van der Waals surface area (Å²) in [6, 6.07) is 23.0. The maximum atomic E-state index is 13.8. The van der Waals surface area contributed by atoms with Gasteiger partial charge in [-0.05, 0) is 42.0 Å². The topological polar surface area (TPSA) is 58.6 Å². The first-order valence-corrected chi connectivity index (χ1v) is 9.73. The van der Waals surface area contributed by atoms with E-state index in [2.05, 4.69) is 5.32 Å². The fourth-order valence-corrected chi connectivity index (χ4v) is 3.39. The van der Waals surface area contributed by atoms with Crippen LogP contribution in [-0.2, 0) is 16.2 Å². The minimum absolute atomic E-state index is 0.0898. The van der Waals surface area contributed by atoms with Crippen molar-refractivity contribution >= 4 is 23.2 Å². The van der Waals surface area contributed by atoms with E-state index in [0.29, 0.717) is 18.0 Å². The summed E-state index contributed by atoms with van der Waals surface area (Å²) in [5.74, 6) is -0.840. The van der Waals surface area contributed by atoms with Crippen LogP contribution in [0.15, 0.2) is 78.9 Å². The molecular weight excluding hydrogens is 383 g/mol. The number of hydrogen-bond acceptors (Lipinski definition) is 3. The van der Waals surface area contributed by atoms with Gasteiger partial charge in [0.1, 0.15) is 18.2 Å². The van der Waals surface area contributed by atoms with Gasteiger partial charge in [-0.2, -0.15) is 0 Å². The lowest BCUT2D eigenvalue weighted by atomic mass is 10.1. The number of halogens is 1. The first kappa shape index (κ1) is 19.6. The van der Waals surface area contributed by atoms with Crippen LogP contribution in [0.2, 0.25) is 0 Å². The van der Waals surface area contributed by atoms with E-state index in [0.717, 1.165) is 5.56 Å². The molecule has 0 aromatic heterocycles. The molecular formula is C24H21FN2O3. The van der Waals surface area contributed by atoms with Gasteiger partial charge in [0.15, 0.2) is 0 Å². The predicted octanol–water partition coefficient (Wildman–Crippen LogP) is 4.40. The molecule has 1 aliphatic heterocycles. The number of nitrogens with zero attached hydrogens (tertiary/aromatic N) is 1. The average Bonchev–Trinajstić information content (AvgIpc) is 3.17. The molecule has 5 nitrogen and oxygen atoms in total. The van der Waals surface area contributed by atoms with Gasteiger partial charge in [0.25, 0.3) is 0 Å². The van der Waals surface area contributed by atoms with Gasteiger partial charge < -0.3 is 15.0 Å². The fraction of sp³-hybridized carbons (Fsp3) is 0.167. The van der Waals surface area contributed by atoms with E-state index in [1.165, 1.54) is 12.1 Å². The van der Waals surface area contributed by atoms with Crippen LogP contribution in [0.3, 0.4) is 0 Å². The summed E-state index contributed by atoms with van der Waals surface area (Å²) >= 11 is 0. The molecule has 0 bridgehead atoms. The van der Waals surface area contributed by atoms with Gasteiger partial charge in [-0.3, -0.25) is 9.59 Å². The first-order valence-electron chi connectivity index (χ1n) is 9.73. The number of anilines is 2. The fourth-order valence-electron chi connectivity index (χ4n) is 3.39. The van der Waals surface area contributed by atoms with Crippen molar-refractivity contribution in [1.29, 1.82) is 0 Å². The standard InChI is InChI=1S/C24H21FN2O3/c25-21-8-4-5-9-22(21)26-24(29)18-14-23(28)27(15-18)19-10-12-20(13-11-19)30-16-17-6-2-1-3-7-17/h1-13,18H,14-16H2,(H,26,29)/t18-/m0/s1. The van der Waals surface area contributed by atoms with Crippen LogP contribution < -0.4 is 15.0 Å². The third-order valence-corrected chi connectivity index (χ3v) is 5.02. The molecule has 0 aliphatic carbocycles. The number of benzene rings is 3. The normalized spacial score (nSPS) is 15.8. The molecule has 4 rings (SSSR count). The molecule has 0 radical (unpaired) electrons. The molecule has 30 heavy (non-hydrogen) atoms. The molecule has 3 aromatic carbocycles. The highest BCUT2D eigenvalue weighted by Crippen LogP contribution is 2.28. The third kappa shape index (κ3) is 4.49. The number of carbonyl (C=O) groups is 2. The smallest absolute Gasteiger partial charge is 0.229 e. The van der Waals surface area contributed by atoms with Crippen molar-refractivity contribution in [1.82, 2.24) is 0 Å². The SMILES string of the molecule is O=C(Nc1ccccc1F)[C@H]1CC(=O)N(c2ccc(OCc3ccccc3)cc2)C1. The van der Waals surface area contributed by atoms with Crippen LogP contribution in [0.5, 0.6) is 5.75 Å². The van der Waals surface area contributed by atoms with Gasteiger partial charge in [0.2, 0.25) is 11.8 Å². The summed E-state index contributed by atoms with van der Waals surface area (Å²) in [6.45, 7) is 0.713. The number of para-hydroxylation sites is 1. The van der Waals surface area contributed by atoms with Crippen LogP contribution in [0, 0.1) is 11.7 Å². The van der Waals surface area contributed by atoms with E-state index in [9.17, 15) is 14.0 Å². The van der Waals surface area contributed by atoms with Gasteiger partial charge in [-0.15, -0.1) is 0 Å². The molecule has 152 valence electrons. The Labute approximate surface area is 174 Å². The van der Waals surface area contributed by atoms with Crippen molar-refractivity contribution in [3.8, 4) is 5.75 Å². The number of ether oxygens (including phenoxy) is 1. The first-order chi connectivity index (χ1) is 14.6. The van der Waals surface area contributed by atoms with Gasteiger partial charge in [0.05, 0.1) is 11.6 Å². The number of carbonyl (C=O) groups excluding carboxylic acids is 2. The summed E-state index contributed by atoms with van der Waals surface area (Å²) < 4.78 is 19.5. The number of nitrogens with one attached hydrogen (secondary N) is 1. The quantitative estimate of drug-likeness (QED) is 0.663. The van der Waals surface area contributed by atoms with Gasteiger partial charge >= 0.3 is 0 Å². The Morgan fingerprint density at radius 3 is 2.43 bits per heavy atom. The van der Waals surface area contributed by atoms with E-state index in [4.69, 9.17) is 4.74 Å². The molecule has 1 N–H and O–H groups in total. The second-order valence-electron chi connectivity index (χ2n) is 7.14. The van der Waals surface area contributed by atoms with Crippen molar-refractivity contribution in [2.45, 2.75) is 13.0 Å². The van der Waals surface area contributed by atoms with Crippen molar-refractivity contribution in [2.75, 3.05) is 16.8 Å². The van der Waals surface area contributed by atoms with Crippen molar-refractivity contribution in [2.24, 2.45) is 5.92 Å². The summed E-state index contributed by atoms with van der Waals surface area (Å²) in [5.41, 5.74) is 1.89. The molecule has 2 amide bonds. The van der Waals surface area contributed by atoms with Crippen LogP contribution >= 0.6 is 0 Å². The average molecular weight is 404 g/mol. The largest absolute Gasteiger partial charge is 0.489 e. The third-order valence-electron chi connectivity index (χ3n) is 5.02. The molecule has 0 spiro atoms. The highest BCUT2D eigenvalue weighted by Gasteiger charge is 2.35. The molecule has 1 heterocycles. The van der Waals surface area contributed by atoms with E-state index >= 15 is 0 Å². The van der Waals surface area contributed by atoms with E-state index < -0.39 is 11.7 Å². The second-order valence-corrected chi connectivity index (χ2v) is 7.14. The van der Waals surface area contributed by atoms with E-state index in [1.807, 2.05) is 30.3 Å². The van der Waals surface area contributed by atoms with E-state index in [-0.39, 0.29) is 30.5 Å². The number of hydrogen-bond donors (Lipinski definition) is 1. The van der Waals surface area contributed by atoms with E-state index in [1.54, 1.807) is 41.3 Å². The zero-order valence-corrected chi connectivity index (χ0v) is 16.3. The Kier molecular flexibility index (Phi) is 5.75. The summed E-state index contributed by atoms with van der Waals surface area (Å²) in [5, 5.41) is 2.57. The number of amides is 2. The van der Waals surface area contributed by atoms with Crippen molar-refractivity contribution in [3.05, 3.63) is 90.2 Å². The van der Waals surface area contributed by atoms with Crippen LogP contribution in [0.1, 0.15) is 12.0 Å². The minimum Gasteiger partial charge on any atom is -0.489 e. The highest BCUT2D eigenvalue weighted by atomic mass is 19.1. The lowest BCUT2D eigenvalue weighted by Gasteiger charge is -2.17. The van der Waals surface area contributed by atoms with Gasteiger partial charge in [-0.1, -0.05) is 42.5 Å². The van der Waals surface area contributed by atoms with Gasteiger partial charge in [0, 0.05) is 18.7 Å². The summed E-state index contributed by atoms with van der Waals surface area (Å²) in [4.78, 5) is 26.5. The zero-order valence-electron chi connectivity index (χ0n) is 16.3. The number of rotatable bonds is 6. The Morgan fingerprint density at radius 2 is 1.70 bits per heavy atom. The lowest BCUT2D eigenvalue weighted by Crippen LogP contribution is -2.28. The Balaban J connectivity index is 1.36. The van der Waals surface area contributed by atoms with Crippen LogP contribution in [0.25, 0.3) is 0 Å². The molecule has 1 aliphatic rings. The molecule has 3 aromatic rings. The van der Waals surface area contributed by atoms with Crippen molar-refractivity contribution < 1.29 is 18.7 Å². The molecule has 1 saturated heterocycles. The highest BCUT2D eigenvalue weighted by molar-refractivity contribution is 6.03. The lowest BCUT2D eigenvalue weighted by molar-refractivity contribution is -0.122. The second kappa shape index (κ2) is 8.78. The molecule has 0 saturated carbocycles.